The fraction of sp³-hybridized carbons (Fsp3) is 0.278. The Hall–Kier alpha value is -4.90. The van der Waals surface area contributed by atoms with Gasteiger partial charge in [0, 0.05) is 31.1 Å². The van der Waals surface area contributed by atoms with Gasteiger partial charge in [-0.2, -0.15) is 0 Å². The molecule has 0 saturated heterocycles. The number of benzene rings is 4. The number of anilines is 1. The minimum atomic E-state index is -4.38. The smallest absolute Gasteiger partial charge is 0.264 e. The Morgan fingerprint density at radius 3 is 2.17 bits per heavy atom. The molecule has 11 heteroatoms. The van der Waals surface area contributed by atoms with Gasteiger partial charge in [-0.1, -0.05) is 73.2 Å². The Morgan fingerprint density at radius 2 is 1.53 bits per heavy atom. The molecular formula is C36H40FN3O6S. The molecule has 4 aromatic carbocycles. The van der Waals surface area contributed by atoms with Gasteiger partial charge in [0.15, 0.2) is 11.5 Å². The summed E-state index contributed by atoms with van der Waals surface area (Å²) < 4.78 is 55.3. The molecule has 0 saturated carbocycles. The van der Waals surface area contributed by atoms with Crippen LogP contribution in [0.2, 0.25) is 0 Å². The lowest BCUT2D eigenvalue weighted by atomic mass is 10.0. The standard InChI is InChI=1S/C36H40FN3O6S/c1-5-21-38-36(42)32(22-27-11-7-6-8-12-27)39(24-28-13-9-10-14-31(28)37)35(41)25-40(29-17-15-26(2)16-18-29)47(43,44)30-19-20-33(45-3)34(23-30)46-4/h6-20,23,32H,5,21-22,24-25H2,1-4H3,(H,38,42)/t32-/m0/s1. The third-order valence-corrected chi connectivity index (χ3v) is 9.43. The first-order valence-electron chi connectivity index (χ1n) is 15.2. The van der Waals surface area contributed by atoms with Gasteiger partial charge in [-0.25, -0.2) is 12.8 Å². The molecule has 1 atom stereocenters. The van der Waals surface area contributed by atoms with Crippen molar-refractivity contribution in [3.8, 4) is 11.5 Å². The second-order valence-electron chi connectivity index (χ2n) is 11.0. The van der Waals surface area contributed by atoms with Crippen LogP contribution in [0, 0.1) is 12.7 Å². The summed E-state index contributed by atoms with van der Waals surface area (Å²) in [4.78, 5) is 29.3. The number of rotatable bonds is 15. The van der Waals surface area contributed by atoms with Gasteiger partial charge in [-0.3, -0.25) is 13.9 Å². The summed E-state index contributed by atoms with van der Waals surface area (Å²) in [5.41, 5.74) is 2.09. The van der Waals surface area contributed by atoms with Crippen molar-refractivity contribution in [2.24, 2.45) is 0 Å². The van der Waals surface area contributed by atoms with Gasteiger partial charge in [0.05, 0.1) is 24.8 Å². The third-order valence-electron chi connectivity index (χ3n) is 7.66. The number of ether oxygens (including phenoxy) is 2. The molecule has 1 N–H and O–H groups in total. The highest BCUT2D eigenvalue weighted by atomic mass is 32.2. The number of methoxy groups -OCH3 is 2. The monoisotopic (exact) mass is 661 g/mol. The van der Waals surface area contributed by atoms with E-state index < -0.39 is 40.2 Å². The van der Waals surface area contributed by atoms with Crippen molar-refractivity contribution < 1.29 is 31.9 Å². The Morgan fingerprint density at radius 1 is 0.872 bits per heavy atom. The molecule has 0 fully saturated rings. The zero-order chi connectivity index (χ0) is 34.0. The summed E-state index contributed by atoms with van der Waals surface area (Å²) in [5.74, 6) is -1.13. The van der Waals surface area contributed by atoms with E-state index in [-0.39, 0.29) is 34.9 Å². The first-order valence-corrected chi connectivity index (χ1v) is 16.7. The maximum Gasteiger partial charge on any atom is 0.264 e. The molecule has 0 aliphatic carbocycles. The summed E-state index contributed by atoms with van der Waals surface area (Å²) in [6.07, 6.45) is 0.791. The van der Waals surface area contributed by atoms with Gasteiger partial charge in [0.2, 0.25) is 11.8 Å². The van der Waals surface area contributed by atoms with E-state index in [9.17, 15) is 18.0 Å². The van der Waals surface area contributed by atoms with Crippen molar-refractivity contribution in [1.82, 2.24) is 10.2 Å². The number of nitrogens with one attached hydrogen (secondary N) is 1. The van der Waals surface area contributed by atoms with Crippen LogP contribution in [-0.4, -0.2) is 58.5 Å². The van der Waals surface area contributed by atoms with Gasteiger partial charge < -0.3 is 19.7 Å². The largest absolute Gasteiger partial charge is 0.493 e. The molecule has 4 aromatic rings. The molecule has 0 spiro atoms. The van der Waals surface area contributed by atoms with Crippen LogP contribution >= 0.6 is 0 Å². The van der Waals surface area contributed by atoms with Crippen LogP contribution in [-0.2, 0) is 32.6 Å². The predicted molar refractivity (Wildman–Crippen MR) is 179 cm³/mol. The highest BCUT2D eigenvalue weighted by Gasteiger charge is 2.35. The lowest BCUT2D eigenvalue weighted by Gasteiger charge is -2.34. The van der Waals surface area contributed by atoms with E-state index in [1.54, 1.807) is 30.3 Å². The summed E-state index contributed by atoms with van der Waals surface area (Å²) in [6.45, 7) is 3.21. The normalized spacial score (nSPS) is 11.8. The van der Waals surface area contributed by atoms with Crippen LogP contribution in [0.4, 0.5) is 10.1 Å². The van der Waals surface area contributed by atoms with E-state index in [0.717, 1.165) is 15.4 Å². The number of nitrogens with zero attached hydrogens (tertiary/aromatic N) is 2. The van der Waals surface area contributed by atoms with E-state index in [1.807, 2.05) is 44.2 Å². The van der Waals surface area contributed by atoms with Crippen LogP contribution < -0.4 is 19.1 Å². The molecule has 0 aromatic heterocycles. The second kappa shape index (κ2) is 16.1. The molecule has 0 aliphatic heterocycles. The van der Waals surface area contributed by atoms with Gasteiger partial charge >= 0.3 is 0 Å². The van der Waals surface area contributed by atoms with Crippen molar-refractivity contribution in [3.63, 3.8) is 0 Å². The van der Waals surface area contributed by atoms with Crippen molar-refractivity contribution in [2.45, 2.75) is 44.2 Å². The fourth-order valence-electron chi connectivity index (χ4n) is 5.07. The van der Waals surface area contributed by atoms with Crippen molar-refractivity contribution in [1.29, 1.82) is 0 Å². The van der Waals surface area contributed by atoms with Crippen LogP contribution in [0.5, 0.6) is 11.5 Å². The highest BCUT2D eigenvalue weighted by Crippen LogP contribution is 2.32. The van der Waals surface area contributed by atoms with Crippen LogP contribution in [0.3, 0.4) is 0 Å². The first-order chi connectivity index (χ1) is 22.6. The number of aryl methyl sites for hydroxylation is 1. The highest BCUT2D eigenvalue weighted by molar-refractivity contribution is 7.92. The summed E-state index contributed by atoms with van der Waals surface area (Å²) >= 11 is 0. The molecular weight excluding hydrogens is 621 g/mol. The number of sulfonamides is 1. The Bertz CT molecular complexity index is 1770. The van der Waals surface area contributed by atoms with E-state index in [0.29, 0.717) is 18.7 Å². The summed E-state index contributed by atoms with van der Waals surface area (Å²) in [7, 11) is -1.54. The molecule has 0 radical (unpaired) electrons. The summed E-state index contributed by atoms with van der Waals surface area (Å²) in [5, 5.41) is 2.88. The van der Waals surface area contributed by atoms with Gasteiger partial charge in [-0.05, 0) is 49.2 Å². The molecule has 248 valence electrons. The second-order valence-corrected chi connectivity index (χ2v) is 12.8. The summed E-state index contributed by atoms with van der Waals surface area (Å²) in [6, 6.07) is 25.0. The molecule has 9 nitrogen and oxygen atoms in total. The number of carbonyl (C=O) groups is 2. The third kappa shape index (κ3) is 8.68. The van der Waals surface area contributed by atoms with Gasteiger partial charge in [0.1, 0.15) is 18.4 Å². The van der Waals surface area contributed by atoms with Gasteiger partial charge in [-0.15, -0.1) is 0 Å². The van der Waals surface area contributed by atoms with E-state index in [1.165, 1.54) is 55.5 Å². The predicted octanol–water partition coefficient (Wildman–Crippen LogP) is 5.51. The molecule has 0 aliphatic rings. The van der Waals surface area contributed by atoms with Crippen molar-refractivity contribution >= 4 is 27.5 Å². The van der Waals surface area contributed by atoms with Gasteiger partial charge in [0.25, 0.3) is 10.0 Å². The van der Waals surface area contributed by atoms with E-state index in [2.05, 4.69) is 5.32 Å². The SMILES string of the molecule is CCCNC(=O)[C@H](Cc1ccccc1)N(Cc1ccccc1F)C(=O)CN(c1ccc(C)cc1)S(=O)(=O)c1ccc(OC)c(OC)c1. The molecule has 0 unspecified atom stereocenters. The first kappa shape index (κ1) is 35.0. The van der Waals surface area contributed by atoms with Crippen molar-refractivity contribution in [3.05, 3.63) is 120 Å². The molecule has 4 rings (SSSR count). The van der Waals surface area contributed by atoms with Crippen LogP contribution in [0.15, 0.2) is 102 Å². The zero-order valence-electron chi connectivity index (χ0n) is 27.0. The maximum atomic E-state index is 15.0. The molecule has 0 bridgehead atoms. The van der Waals surface area contributed by atoms with Crippen molar-refractivity contribution in [2.75, 3.05) is 31.6 Å². The van der Waals surface area contributed by atoms with E-state index in [4.69, 9.17) is 9.47 Å². The quantitative estimate of drug-likeness (QED) is 0.180. The molecule has 2 amide bonds. The number of hydrogen-bond donors (Lipinski definition) is 1. The number of halogens is 1. The van der Waals surface area contributed by atoms with Crippen LogP contribution in [0.1, 0.15) is 30.0 Å². The fourth-order valence-corrected chi connectivity index (χ4v) is 6.50. The minimum Gasteiger partial charge on any atom is -0.493 e. The Balaban J connectivity index is 1.82. The lowest BCUT2D eigenvalue weighted by Crippen LogP contribution is -2.53. The van der Waals surface area contributed by atoms with Crippen LogP contribution in [0.25, 0.3) is 0 Å². The number of carbonyl (C=O) groups excluding carboxylic acids is 2. The average Bonchev–Trinajstić information content (AvgIpc) is 3.08. The maximum absolute atomic E-state index is 15.0. The number of hydrogen-bond acceptors (Lipinski definition) is 6. The van der Waals surface area contributed by atoms with E-state index >= 15 is 4.39 Å². The molecule has 0 heterocycles. The topological polar surface area (TPSA) is 105 Å². The molecule has 47 heavy (non-hydrogen) atoms. The average molecular weight is 662 g/mol. The number of amides is 2. The Labute approximate surface area is 276 Å². The zero-order valence-corrected chi connectivity index (χ0v) is 27.8. The minimum absolute atomic E-state index is 0.129. The lowest BCUT2D eigenvalue weighted by molar-refractivity contribution is -0.140. The Kier molecular flexibility index (Phi) is 12.0.